The number of H-pyrrole nitrogens is 1. The van der Waals surface area contributed by atoms with E-state index >= 15 is 0 Å². The summed E-state index contributed by atoms with van der Waals surface area (Å²) in [6.07, 6.45) is 4.80. The number of fused-ring (bicyclic) bond motifs is 1. The Balaban J connectivity index is 1.20. The molecule has 6 heteroatoms. The van der Waals surface area contributed by atoms with Gasteiger partial charge in [0.25, 0.3) is 5.91 Å². The number of ether oxygens (including phenoxy) is 1. The predicted octanol–water partition coefficient (Wildman–Crippen LogP) is 4.27. The van der Waals surface area contributed by atoms with Crippen molar-refractivity contribution in [1.29, 1.82) is 0 Å². The molecule has 0 unspecified atom stereocenters. The molecule has 0 radical (unpaired) electrons. The van der Waals surface area contributed by atoms with E-state index in [1.807, 2.05) is 53.4 Å². The number of aromatic nitrogens is 1. The van der Waals surface area contributed by atoms with Crippen LogP contribution in [0.3, 0.4) is 0 Å². The van der Waals surface area contributed by atoms with Crippen LogP contribution in [0, 0.1) is 5.41 Å². The first-order chi connectivity index (χ1) is 15.5. The number of aromatic amines is 1. The molecule has 1 atom stereocenters. The number of carbonyl (C=O) groups is 2. The molecule has 6 nitrogen and oxygen atoms in total. The minimum Gasteiger partial charge on any atom is -0.489 e. The summed E-state index contributed by atoms with van der Waals surface area (Å²) in [5, 5.41) is 3.78. The molecule has 1 saturated heterocycles. The molecular weight excluding hydrogens is 402 g/mol. The summed E-state index contributed by atoms with van der Waals surface area (Å²) in [5.41, 5.74) is 2.89. The van der Waals surface area contributed by atoms with E-state index in [9.17, 15) is 9.59 Å². The summed E-state index contributed by atoms with van der Waals surface area (Å²) in [5.74, 6) is 0.461. The Morgan fingerprint density at radius 2 is 1.81 bits per heavy atom. The largest absolute Gasteiger partial charge is 0.489 e. The topological polar surface area (TPSA) is 74.4 Å². The molecular formula is C26H29N3O3. The van der Waals surface area contributed by atoms with Crippen LogP contribution in [0.5, 0.6) is 5.75 Å². The van der Waals surface area contributed by atoms with Crippen molar-refractivity contribution < 1.29 is 14.3 Å². The molecule has 2 aliphatic rings. The van der Waals surface area contributed by atoms with Gasteiger partial charge in [0.15, 0.2) is 0 Å². The van der Waals surface area contributed by atoms with Crippen LogP contribution in [0.1, 0.15) is 48.7 Å². The van der Waals surface area contributed by atoms with Gasteiger partial charge < -0.3 is 19.9 Å². The van der Waals surface area contributed by atoms with E-state index in [0.29, 0.717) is 17.7 Å². The second kappa shape index (κ2) is 8.34. The molecule has 1 aliphatic heterocycles. The van der Waals surface area contributed by atoms with E-state index < -0.39 is 6.04 Å². The highest BCUT2D eigenvalue weighted by molar-refractivity contribution is 6.00. The fourth-order valence-electron chi connectivity index (χ4n) is 4.55. The van der Waals surface area contributed by atoms with Crippen LogP contribution in [-0.4, -0.2) is 40.8 Å². The molecule has 5 rings (SSSR count). The van der Waals surface area contributed by atoms with Crippen LogP contribution in [-0.2, 0) is 11.4 Å². The summed E-state index contributed by atoms with van der Waals surface area (Å²) in [6.45, 7) is 3.85. The molecule has 2 N–H and O–H groups in total. The average molecular weight is 432 g/mol. The lowest BCUT2D eigenvalue weighted by molar-refractivity contribution is -0.134. The van der Waals surface area contributed by atoms with Gasteiger partial charge in [0.1, 0.15) is 24.1 Å². The van der Waals surface area contributed by atoms with Crippen molar-refractivity contribution in [3.63, 3.8) is 0 Å². The number of benzene rings is 2. The molecule has 1 aromatic heterocycles. The second-order valence-electron chi connectivity index (χ2n) is 9.23. The highest BCUT2D eigenvalue weighted by atomic mass is 16.5. The first kappa shape index (κ1) is 20.6. The smallest absolute Gasteiger partial charge is 0.268 e. The first-order valence-electron chi connectivity index (χ1n) is 11.4. The molecule has 2 heterocycles. The van der Waals surface area contributed by atoms with Crippen molar-refractivity contribution in [1.82, 2.24) is 15.2 Å². The maximum atomic E-state index is 12.8. The lowest BCUT2D eigenvalue weighted by atomic mass is 9.93. The number of hydrogen-bond donors (Lipinski definition) is 2. The van der Waals surface area contributed by atoms with Gasteiger partial charge in [-0.05, 0) is 61.8 Å². The Bertz CT molecular complexity index is 1120. The molecule has 3 aromatic rings. The molecule has 2 fully saturated rings. The quantitative estimate of drug-likeness (QED) is 0.612. The second-order valence-corrected chi connectivity index (χ2v) is 9.23. The van der Waals surface area contributed by atoms with Gasteiger partial charge in [-0.15, -0.1) is 0 Å². The fourth-order valence-corrected chi connectivity index (χ4v) is 4.55. The van der Waals surface area contributed by atoms with Crippen LogP contribution < -0.4 is 10.1 Å². The van der Waals surface area contributed by atoms with Gasteiger partial charge >= 0.3 is 0 Å². The van der Waals surface area contributed by atoms with E-state index in [1.165, 1.54) is 12.8 Å². The monoisotopic (exact) mass is 431 g/mol. The number of carbonyl (C=O) groups excluding carboxylic acids is 2. The predicted molar refractivity (Wildman–Crippen MR) is 123 cm³/mol. The Morgan fingerprint density at radius 3 is 2.53 bits per heavy atom. The van der Waals surface area contributed by atoms with Gasteiger partial charge in [-0.1, -0.05) is 30.3 Å². The summed E-state index contributed by atoms with van der Waals surface area (Å²) in [4.78, 5) is 30.6. The fraction of sp³-hybridized carbons (Fsp3) is 0.385. The zero-order valence-electron chi connectivity index (χ0n) is 18.4. The number of hydrogen-bond acceptors (Lipinski definition) is 3. The SMILES string of the molecule is C[C@H](NC(=O)c1cc2ccc(OCc3ccccc3)cc2[nH]1)C(=O)N1CCC2(CC1)CC2. The van der Waals surface area contributed by atoms with E-state index in [1.54, 1.807) is 13.0 Å². The van der Waals surface area contributed by atoms with Crippen LogP contribution >= 0.6 is 0 Å². The Morgan fingerprint density at radius 1 is 1.06 bits per heavy atom. The highest BCUT2D eigenvalue weighted by Crippen LogP contribution is 2.53. The number of piperidine rings is 1. The summed E-state index contributed by atoms with van der Waals surface area (Å²) < 4.78 is 5.88. The van der Waals surface area contributed by atoms with E-state index in [2.05, 4.69) is 10.3 Å². The number of nitrogens with zero attached hydrogens (tertiary/aromatic N) is 1. The minimum absolute atomic E-state index is 0.00144. The molecule has 0 bridgehead atoms. The van der Waals surface area contributed by atoms with Gasteiger partial charge in [0.05, 0.1) is 0 Å². The van der Waals surface area contributed by atoms with Crippen molar-refractivity contribution in [2.75, 3.05) is 13.1 Å². The van der Waals surface area contributed by atoms with E-state index in [-0.39, 0.29) is 11.8 Å². The van der Waals surface area contributed by atoms with Crippen molar-refractivity contribution in [3.8, 4) is 5.75 Å². The zero-order chi connectivity index (χ0) is 22.1. The zero-order valence-corrected chi connectivity index (χ0v) is 18.4. The van der Waals surface area contributed by atoms with Gasteiger partial charge in [0, 0.05) is 30.1 Å². The molecule has 1 spiro atoms. The third kappa shape index (κ3) is 4.35. The van der Waals surface area contributed by atoms with Crippen LogP contribution in [0.2, 0.25) is 0 Å². The Hall–Kier alpha value is -3.28. The summed E-state index contributed by atoms with van der Waals surface area (Å²) in [6, 6.07) is 17.0. The Kier molecular flexibility index (Phi) is 5.37. The summed E-state index contributed by atoms with van der Waals surface area (Å²) >= 11 is 0. The van der Waals surface area contributed by atoms with Crippen molar-refractivity contribution in [3.05, 3.63) is 65.9 Å². The van der Waals surface area contributed by atoms with Crippen molar-refractivity contribution in [2.45, 2.75) is 45.3 Å². The van der Waals surface area contributed by atoms with Crippen LogP contribution in [0.4, 0.5) is 0 Å². The molecule has 1 aliphatic carbocycles. The standard InChI is InChI=1S/C26H29N3O3/c1-18(25(31)29-13-11-26(9-10-26)12-14-29)27-24(30)23-15-20-7-8-21(16-22(20)28-23)32-17-19-5-3-2-4-6-19/h2-8,15-16,18,28H,9-14,17H2,1H3,(H,27,30)/t18-/m0/s1. The van der Waals surface area contributed by atoms with Crippen LogP contribution in [0.15, 0.2) is 54.6 Å². The maximum Gasteiger partial charge on any atom is 0.268 e. The van der Waals surface area contributed by atoms with Gasteiger partial charge in [-0.2, -0.15) is 0 Å². The molecule has 32 heavy (non-hydrogen) atoms. The lowest BCUT2D eigenvalue weighted by Crippen LogP contribution is -2.49. The average Bonchev–Trinajstić information content (AvgIpc) is 3.42. The van der Waals surface area contributed by atoms with Crippen LogP contribution in [0.25, 0.3) is 10.9 Å². The van der Waals surface area contributed by atoms with Gasteiger partial charge in [-0.3, -0.25) is 9.59 Å². The van der Waals surface area contributed by atoms with Crippen molar-refractivity contribution in [2.24, 2.45) is 5.41 Å². The normalized spacial score (nSPS) is 17.8. The number of amides is 2. The molecule has 1 saturated carbocycles. The van der Waals surface area contributed by atoms with E-state index in [0.717, 1.165) is 48.1 Å². The molecule has 2 aromatic carbocycles. The highest BCUT2D eigenvalue weighted by Gasteiger charge is 2.45. The third-order valence-electron chi connectivity index (χ3n) is 6.90. The number of likely N-dealkylation sites (tertiary alicyclic amines) is 1. The minimum atomic E-state index is -0.549. The van der Waals surface area contributed by atoms with Crippen molar-refractivity contribution >= 4 is 22.7 Å². The first-order valence-corrected chi connectivity index (χ1v) is 11.4. The lowest BCUT2D eigenvalue weighted by Gasteiger charge is -2.33. The van der Waals surface area contributed by atoms with E-state index in [4.69, 9.17) is 4.74 Å². The summed E-state index contributed by atoms with van der Waals surface area (Å²) in [7, 11) is 0. The van der Waals surface area contributed by atoms with Gasteiger partial charge in [0.2, 0.25) is 5.91 Å². The molecule has 2 amide bonds. The van der Waals surface area contributed by atoms with Gasteiger partial charge in [-0.25, -0.2) is 0 Å². The molecule has 166 valence electrons. The maximum absolute atomic E-state index is 12.8. The third-order valence-corrected chi connectivity index (χ3v) is 6.90. The number of rotatable bonds is 6. The Labute approximate surface area is 187 Å². The number of nitrogens with one attached hydrogen (secondary N) is 2.